The van der Waals surface area contributed by atoms with Gasteiger partial charge in [0.2, 0.25) is 0 Å². The summed E-state index contributed by atoms with van der Waals surface area (Å²) in [4.78, 5) is 2.25. The molecule has 0 aromatic heterocycles. The summed E-state index contributed by atoms with van der Waals surface area (Å²) in [5.74, 6) is 0.783. The number of nitriles is 1. The van der Waals surface area contributed by atoms with Gasteiger partial charge in [-0.2, -0.15) is 5.26 Å². The molecule has 1 aliphatic rings. The van der Waals surface area contributed by atoms with Gasteiger partial charge >= 0.3 is 0 Å². The van der Waals surface area contributed by atoms with E-state index in [2.05, 4.69) is 11.0 Å². The molecule has 0 saturated carbocycles. The Morgan fingerprint density at radius 3 is 3.00 bits per heavy atom. The molecule has 0 amide bonds. The van der Waals surface area contributed by atoms with Crippen molar-refractivity contribution in [1.29, 1.82) is 5.26 Å². The molecule has 0 bridgehead atoms. The quantitative estimate of drug-likeness (QED) is 0.883. The Hall–Kier alpha value is -1.73. The molecule has 96 valence electrons. The zero-order chi connectivity index (χ0) is 13.0. The lowest BCUT2D eigenvalue weighted by atomic mass is 10.00. The first-order valence-electron chi connectivity index (χ1n) is 6.35. The minimum Gasteiger partial charge on any atom is -0.497 e. The van der Waals surface area contributed by atoms with Crippen molar-refractivity contribution in [2.45, 2.75) is 25.3 Å². The van der Waals surface area contributed by atoms with Gasteiger partial charge < -0.3 is 15.4 Å². The topological polar surface area (TPSA) is 62.3 Å². The number of benzene rings is 1. The Morgan fingerprint density at radius 1 is 1.50 bits per heavy atom. The molecule has 1 aromatic rings. The van der Waals surface area contributed by atoms with Crippen LogP contribution >= 0.6 is 0 Å². The van der Waals surface area contributed by atoms with E-state index in [0.29, 0.717) is 18.2 Å². The van der Waals surface area contributed by atoms with E-state index in [-0.39, 0.29) is 0 Å². The maximum absolute atomic E-state index is 9.22. The number of hydrogen-bond acceptors (Lipinski definition) is 4. The summed E-state index contributed by atoms with van der Waals surface area (Å²) in [5, 5.41) is 9.22. The predicted molar refractivity (Wildman–Crippen MR) is 71.7 cm³/mol. The van der Waals surface area contributed by atoms with E-state index in [0.717, 1.165) is 30.8 Å². The Bertz CT molecular complexity index is 453. The Morgan fingerprint density at radius 2 is 2.33 bits per heavy atom. The first kappa shape index (κ1) is 12.7. The third kappa shape index (κ3) is 2.41. The number of rotatable bonds is 3. The minimum absolute atomic E-state index is 0.331. The van der Waals surface area contributed by atoms with Gasteiger partial charge in [-0.15, -0.1) is 0 Å². The van der Waals surface area contributed by atoms with Crippen molar-refractivity contribution < 1.29 is 4.74 Å². The summed E-state index contributed by atoms with van der Waals surface area (Å²) in [7, 11) is 1.64. The van der Waals surface area contributed by atoms with Crippen molar-refractivity contribution in [3.05, 3.63) is 23.8 Å². The van der Waals surface area contributed by atoms with Crippen LogP contribution in [0.3, 0.4) is 0 Å². The van der Waals surface area contributed by atoms with Crippen LogP contribution in [0, 0.1) is 11.3 Å². The fraction of sp³-hybridized carbons (Fsp3) is 0.500. The summed E-state index contributed by atoms with van der Waals surface area (Å²) < 4.78 is 5.25. The first-order chi connectivity index (χ1) is 8.80. The molecule has 2 rings (SSSR count). The van der Waals surface area contributed by atoms with Gasteiger partial charge in [-0.1, -0.05) is 0 Å². The van der Waals surface area contributed by atoms with E-state index in [4.69, 9.17) is 10.5 Å². The van der Waals surface area contributed by atoms with E-state index < -0.39 is 0 Å². The summed E-state index contributed by atoms with van der Waals surface area (Å²) in [5.41, 5.74) is 7.48. The zero-order valence-electron chi connectivity index (χ0n) is 10.7. The first-order valence-corrected chi connectivity index (χ1v) is 6.35. The van der Waals surface area contributed by atoms with Gasteiger partial charge in [0.1, 0.15) is 11.8 Å². The number of nitrogens with zero attached hydrogens (tertiary/aromatic N) is 2. The SMILES string of the molecule is COc1ccc(C#N)c(N2CCCCC2CN)c1. The standard InChI is InChI=1S/C14H19N3O/c1-18-13-6-5-11(9-15)14(8-13)17-7-3-2-4-12(17)10-16/h5-6,8,12H,2-4,7,10,16H2,1H3. The summed E-state index contributed by atoms with van der Waals surface area (Å²) in [6.45, 7) is 1.59. The molecule has 1 fully saturated rings. The van der Waals surface area contributed by atoms with Crippen molar-refractivity contribution in [2.75, 3.05) is 25.1 Å². The highest BCUT2D eigenvalue weighted by Crippen LogP contribution is 2.30. The van der Waals surface area contributed by atoms with Crippen LogP contribution in [0.25, 0.3) is 0 Å². The molecule has 1 aromatic carbocycles. The molecule has 4 heteroatoms. The second-order valence-corrected chi connectivity index (χ2v) is 4.57. The third-order valence-electron chi connectivity index (χ3n) is 3.53. The molecule has 1 saturated heterocycles. The Labute approximate surface area is 108 Å². The number of piperidine rings is 1. The lowest BCUT2D eigenvalue weighted by molar-refractivity contribution is 0.413. The van der Waals surface area contributed by atoms with E-state index >= 15 is 0 Å². The van der Waals surface area contributed by atoms with Crippen molar-refractivity contribution in [2.24, 2.45) is 5.73 Å². The monoisotopic (exact) mass is 245 g/mol. The third-order valence-corrected chi connectivity index (χ3v) is 3.53. The van der Waals surface area contributed by atoms with E-state index in [1.165, 1.54) is 6.42 Å². The molecule has 18 heavy (non-hydrogen) atoms. The summed E-state index contributed by atoms with van der Waals surface area (Å²) >= 11 is 0. The highest BCUT2D eigenvalue weighted by atomic mass is 16.5. The van der Waals surface area contributed by atoms with Crippen LogP contribution in [0.5, 0.6) is 5.75 Å². The Kier molecular flexibility index (Phi) is 4.06. The summed E-state index contributed by atoms with van der Waals surface area (Å²) in [6, 6.07) is 8.16. The lowest BCUT2D eigenvalue weighted by Crippen LogP contribution is -2.44. The van der Waals surface area contributed by atoms with Crippen LogP contribution in [-0.2, 0) is 0 Å². The molecule has 4 nitrogen and oxygen atoms in total. The maximum Gasteiger partial charge on any atom is 0.121 e. The molecular formula is C14H19N3O. The molecule has 1 aliphatic heterocycles. The average Bonchev–Trinajstić information content (AvgIpc) is 2.46. The second kappa shape index (κ2) is 5.74. The molecule has 2 N–H and O–H groups in total. The summed E-state index contributed by atoms with van der Waals surface area (Å²) in [6.07, 6.45) is 3.46. The van der Waals surface area contributed by atoms with Crippen molar-refractivity contribution >= 4 is 5.69 Å². The van der Waals surface area contributed by atoms with Gasteiger partial charge in [0.25, 0.3) is 0 Å². The van der Waals surface area contributed by atoms with Gasteiger partial charge in [-0.25, -0.2) is 0 Å². The van der Waals surface area contributed by atoms with Gasteiger partial charge in [0, 0.05) is 25.2 Å². The fourth-order valence-electron chi connectivity index (χ4n) is 2.53. The largest absolute Gasteiger partial charge is 0.497 e. The molecule has 0 radical (unpaired) electrons. The average molecular weight is 245 g/mol. The molecule has 1 unspecified atom stereocenters. The predicted octanol–water partition coefficient (Wildman–Crippen LogP) is 1.88. The van der Waals surface area contributed by atoms with Gasteiger partial charge in [-0.05, 0) is 31.4 Å². The van der Waals surface area contributed by atoms with Crippen molar-refractivity contribution in [1.82, 2.24) is 0 Å². The molecule has 0 aliphatic carbocycles. The number of anilines is 1. The van der Waals surface area contributed by atoms with Crippen LogP contribution in [0.15, 0.2) is 18.2 Å². The maximum atomic E-state index is 9.22. The van der Waals surface area contributed by atoms with Crippen molar-refractivity contribution in [3.8, 4) is 11.8 Å². The lowest BCUT2D eigenvalue weighted by Gasteiger charge is -2.37. The molecule has 1 atom stereocenters. The van der Waals surface area contributed by atoms with Crippen LogP contribution in [-0.4, -0.2) is 26.2 Å². The normalized spacial score (nSPS) is 19.4. The van der Waals surface area contributed by atoms with Gasteiger partial charge in [0.05, 0.1) is 18.4 Å². The van der Waals surface area contributed by atoms with E-state index in [1.807, 2.05) is 18.2 Å². The smallest absolute Gasteiger partial charge is 0.121 e. The highest BCUT2D eigenvalue weighted by Gasteiger charge is 2.23. The van der Waals surface area contributed by atoms with Gasteiger partial charge in [-0.3, -0.25) is 0 Å². The zero-order valence-corrected chi connectivity index (χ0v) is 10.7. The van der Waals surface area contributed by atoms with Gasteiger partial charge in [0.15, 0.2) is 0 Å². The second-order valence-electron chi connectivity index (χ2n) is 4.57. The number of methoxy groups -OCH3 is 1. The number of hydrogen-bond donors (Lipinski definition) is 1. The Balaban J connectivity index is 2.38. The van der Waals surface area contributed by atoms with Crippen LogP contribution in [0.1, 0.15) is 24.8 Å². The van der Waals surface area contributed by atoms with E-state index in [9.17, 15) is 5.26 Å². The minimum atomic E-state index is 0.331. The van der Waals surface area contributed by atoms with Crippen LogP contribution in [0.2, 0.25) is 0 Å². The van der Waals surface area contributed by atoms with Crippen molar-refractivity contribution in [3.63, 3.8) is 0 Å². The van der Waals surface area contributed by atoms with E-state index in [1.54, 1.807) is 7.11 Å². The number of nitrogens with two attached hydrogens (primary N) is 1. The molecule has 0 spiro atoms. The number of ether oxygens (including phenoxy) is 1. The highest BCUT2D eigenvalue weighted by molar-refractivity contribution is 5.63. The molecular weight excluding hydrogens is 226 g/mol. The van der Waals surface area contributed by atoms with Crippen LogP contribution < -0.4 is 15.4 Å². The fourth-order valence-corrected chi connectivity index (χ4v) is 2.53. The molecule has 1 heterocycles. The van der Waals surface area contributed by atoms with Crippen LogP contribution in [0.4, 0.5) is 5.69 Å².